The Morgan fingerprint density at radius 2 is 1.41 bits per heavy atom. The first-order valence-electron chi connectivity index (χ1n) is 8.69. The monoisotopic (exact) mass is 362 g/mol. The van der Waals surface area contributed by atoms with Crippen molar-refractivity contribution in [2.24, 2.45) is 0 Å². The summed E-state index contributed by atoms with van der Waals surface area (Å²) in [5.41, 5.74) is 1.97. The maximum Gasteiger partial charge on any atom is 0.254 e. The highest BCUT2D eigenvalue weighted by Crippen LogP contribution is 2.14. The van der Waals surface area contributed by atoms with Crippen LogP contribution in [0.25, 0.3) is 5.69 Å². The summed E-state index contributed by atoms with van der Waals surface area (Å²) in [5, 5.41) is 11.1. The number of carbonyl (C=O) groups excluding carboxylic acids is 2. The molecule has 1 fully saturated rings. The van der Waals surface area contributed by atoms with Crippen LogP contribution in [0.2, 0.25) is 0 Å². The molecule has 2 aromatic carbocycles. The fraction of sp³-hybridized carbons (Fsp3) is 0.211. The molecule has 8 heteroatoms. The molecule has 27 heavy (non-hydrogen) atoms. The molecular weight excluding hydrogens is 344 g/mol. The van der Waals surface area contributed by atoms with Crippen molar-refractivity contribution >= 4 is 11.8 Å². The average Bonchev–Trinajstić information content (AvgIpc) is 3.29. The van der Waals surface area contributed by atoms with Gasteiger partial charge in [-0.25, -0.2) is 4.68 Å². The number of rotatable bonds is 3. The second-order valence-electron chi connectivity index (χ2n) is 6.26. The molecule has 136 valence electrons. The smallest absolute Gasteiger partial charge is 0.254 e. The Morgan fingerprint density at radius 1 is 0.778 bits per heavy atom. The van der Waals surface area contributed by atoms with Crippen LogP contribution in [0.15, 0.2) is 60.9 Å². The van der Waals surface area contributed by atoms with E-state index in [2.05, 4.69) is 15.5 Å². The van der Waals surface area contributed by atoms with Gasteiger partial charge in [-0.3, -0.25) is 9.59 Å². The van der Waals surface area contributed by atoms with E-state index in [0.29, 0.717) is 37.3 Å². The number of carbonyl (C=O) groups is 2. The fourth-order valence-electron chi connectivity index (χ4n) is 3.12. The van der Waals surface area contributed by atoms with E-state index in [9.17, 15) is 9.59 Å². The van der Waals surface area contributed by atoms with Gasteiger partial charge < -0.3 is 9.80 Å². The number of tetrazole rings is 1. The van der Waals surface area contributed by atoms with Gasteiger partial charge in [0.05, 0.1) is 5.69 Å². The summed E-state index contributed by atoms with van der Waals surface area (Å²) >= 11 is 0. The molecule has 0 unspecified atom stereocenters. The lowest BCUT2D eigenvalue weighted by Crippen LogP contribution is -2.50. The quantitative estimate of drug-likeness (QED) is 0.700. The molecule has 0 saturated carbocycles. The highest BCUT2D eigenvalue weighted by Gasteiger charge is 2.25. The Labute approximate surface area is 156 Å². The molecule has 8 nitrogen and oxygen atoms in total. The second kappa shape index (κ2) is 7.36. The molecule has 0 radical (unpaired) electrons. The van der Waals surface area contributed by atoms with Crippen LogP contribution in [-0.2, 0) is 0 Å². The van der Waals surface area contributed by atoms with Gasteiger partial charge in [-0.15, -0.1) is 5.10 Å². The van der Waals surface area contributed by atoms with Crippen LogP contribution in [0.4, 0.5) is 0 Å². The van der Waals surface area contributed by atoms with E-state index in [4.69, 9.17) is 0 Å². The van der Waals surface area contributed by atoms with Gasteiger partial charge in [0.15, 0.2) is 0 Å². The Morgan fingerprint density at radius 3 is 2.04 bits per heavy atom. The van der Waals surface area contributed by atoms with Crippen molar-refractivity contribution in [2.45, 2.75) is 0 Å². The van der Waals surface area contributed by atoms with Crippen molar-refractivity contribution in [3.8, 4) is 5.69 Å². The zero-order chi connectivity index (χ0) is 18.6. The molecule has 3 aromatic rings. The fourth-order valence-corrected chi connectivity index (χ4v) is 3.12. The summed E-state index contributed by atoms with van der Waals surface area (Å²) in [6.07, 6.45) is 1.48. The Bertz CT molecular complexity index is 934. The number of nitrogens with zero attached hydrogens (tertiary/aromatic N) is 6. The molecule has 2 amide bonds. The van der Waals surface area contributed by atoms with Crippen molar-refractivity contribution in [1.82, 2.24) is 30.0 Å². The van der Waals surface area contributed by atoms with Gasteiger partial charge in [0.25, 0.3) is 11.8 Å². The SMILES string of the molecule is O=C(c1ccccc1)N1CCN(C(=O)c2cccc(-n3cnnn3)c2)CC1. The molecule has 1 aromatic heterocycles. The van der Waals surface area contributed by atoms with E-state index >= 15 is 0 Å². The summed E-state index contributed by atoms with van der Waals surface area (Å²) in [4.78, 5) is 28.9. The number of hydrogen-bond donors (Lipinski definition) is 0. The first-order chi connectivity index (χ1) is 13.2. The molecule has 0 atom stereocenters. The van der Waals surface area contributed by atoms with Crippen LogP contribution < -0.4 is 0 Å². The molecule has 1 saturated heterocycles. The van der Waals surface area contributed by atoms with Gasteiger partial charge in [-0.1, -0.05) is 24.3 Å². The molecule has 1 aliphatic rings. The van der Waals surface area contributed by atoms with E-state index in [1.807, 2.05) is 36.4 Å². The van der Waals surface area contributed by atoms with Gasteiger partial charge in [0, 0.05) is 37.3 Å². The third-order valence-corrected chi connectivity index (χ3v) is 4.58. The first-order valence-corrected chi connectivity index (χ1v) is 8.69. The van der Waals surface area contributed by atoms with Crippen molar-refractivity contribution in [1.29, 1.82) is 0 Å². The van der Waals surface area contributed by atoms with E-state index in [1.54, 1.807) is 28.0 Å². The van der Waals surface area contributed by atoms with Gasteiger partial charge in [0.1, 0.15) is 6.33 Å². The zero-order valence-electron chi connectivity index (χ0n) is 14.6. The van der Waals surface area contributed by atoms with Gasteiger partial charge in [-0.05, 0) is 40.8 Å². The van der Waals surface area contributed by atoms with E-state index < -0.39 is 0 Å². The standard InChI is InChI=1S/C19H18N6O2/c26-18(15-5-2-1-3-6-15)23-9-11-24(12-10-23)19(27)16-7-4-8-17(13-16)25-14-20-21-22-25/h1-8,13-14H,9-12H2. The molecule has 4 rings (SSSR count). The molecule has 2 heterocycles. The largest absolute Gasteiger partial charge is 0.335 e. The molecule has 0 N–H and O–H groups in total. The van der Waals surface area contributed by atoms with Crippen LogP contribution >= 0.6 is 0 Å². The molecule has 1 aliphatic heterocycles. The van der Waals surface area contributed by atoms with Crippen molar-refractivity contribution in [3.05, 3.63) is 72.1 Å². The van der Waals surface area contributed by atoms with Crippen molar-refractivity contribution in [3.63, 3.8) is 0 Å². The summed E-state index contributed by atoms with van der Waals surface area (Å²) in [6.45, 7) is 2.05. The van der Waals surface area contributed by atoms with Crippen molar-refractivity contribution < 1.29 is 9.59 Å². The van der Waals surface area contributed by atoms with Crippen LogP contribution in [-0.4, -0.2) is 68.0 Å². The lowest BCUT2D eigenvalue weighted by atomic mass is 10.1. The van der Waals surface area contributed by atoms with Crippen LogP contribution in [0.5, 0.6) is 0 Å². The predicted molar refractivity (Wildman–Crippen MR) is 97.4 cm³/mol. The van der Waals surface area contributed by atoms with Crippen LogP contribution in [0.1, 0.15) is 20.7 Å². The minimum atomic E-state index is -0.0586. The Kier molecular flexibility index (Phi) is 4.61. The zero-order valence-corrected chi connectivity index (χ0v) is 14.6. The summed E-state index contributed by atoms with van der Waals surface area (Å²) in [6, 6.07) is 16.4. The van der Waals surface area contributed by atoms with Crippen LogP contribution in [0.3, 0.4) is 0 Å². The van der Waals surface area contributed by atoms with E-state index in [-0.39, 0.29) is 11.8 Å². The number of amides is 2. The number of benzene rings is 2. The second-order valence-corrected chi connectivity index (χ2v) is 6.26. The summed E-state index contributed by atoms with van der Waals surface area (Å²) in [7, 11) is 0. The minimum absolute atomic E-state index is 0.00313. The third-order valence-electron chi connectivity index (χ3n) is 4.58. The summed E-state index contributed by atoms with van der Waals surface area (Å²) < 4.78 is 1.51. The maximum absolute atomic E-state index is 12.8. The predicted octanol–water partition coefficient (Wildman–Crippen LogP) is 1.26. The Balaban J connectivity index is 1.42. The highest BCUT2D eigenvalue weighted by molar-refractivity contribution is 5.96. The van der Waals surface area contributed by atoms with Crippen molar-refractivity contribution in [2.75, 3.05) is 26.2 Å². The Hall–Kier alpha value is -3.55. The lowest BCUT2D eigenvalue weighted by molar-refractivity contribution is 0.0535. The number of piperazine rings is 1. The maximum atomic E-state index is 12.8. The molecular formula is C19H18N6O2. The lowest BCUT2D eigenvalue weighted by Gasteiger charge is -2.35. The molecule has 0 spiro atoms. The first kappa shape index (κ1) is 16.9. The third kappa shape index (κ3) is 3.55. The molecule has 0 aliphatic carbocycles. The normalized spacial score (nSPS) is 14.2. The van der Waals surface area contributed by atoms with E-state index in [0.717, 1.165) is 5.69 Å². The topological polar surface area (TPSA) is 84.2 Å². The average molecular weight is 362 g/mol. The van der Waals surface area contributed by atoms with Gasteiger partial charge in [0.2, 0.25) is 0 Å². The van der Waals surface area contributed by atoms with E-state index in [1.165, 1.54) is 11.0 Å². The minimum Gasteiger partial charge on any atom is -0.335 e. The van der Waals surface area contributed by atoms with Crippen LogP contribution in [0, 0.1) is 0 Å². The van der Waals surface area contributed by atoms with Gasteiger partial charge >= 0.3 is 0 Å². The highest BCUT2D eigenvalue weighted by atomic mass is 16.2. The van der Waals surface area contributed by atoms with Gasteiger partial charge in [-0.2, -0.15) is 0 Å². The number of hydrogen-bond acceptors (Lipinski definition) is 5. The molecule has 0 bridgehead atoms. The number of aromatic nitrogens is 4. The summed E-state index contributed by atoms with van der Waals surface area (Å²) in [5.74, 6) is -0.0555.